The SMILES string of the molecule is CCOc1ccc(C2(CNC(=O)/C=C/c3c(C)nn(-c4ccccc4)c3C)CCOCC2)cc1. The molecule has 1 fully saturated rings. The molecular formula is C28H33N3O3. The minimum Gasteiger partial charge on any atom is -0.494 e. The highest BCUT2D eigenvalue weighted by Gasteiger charge is 2.34. The molecule has 34 heavy (non-hydrogen) atoms. The number of hydrogen-bond donors (Lipinski definition) is 1. The summed E-state index contributed by atoms with van der Waals surface area (Å²) in [5, 5.41) is 7.80. The Morgan fingerprint density at radius 1 is 1.12 bits per heavy atom. The van der Waals surface area contributed by atoms with Crippen LogP contribution in [0.1, 0.15) is 42.3 Å². The van der Waals surface area contributed by atoms with Crippen LogP contribution in [-0.2, 0) is 14.9 Å². The van der Waals surface area contributed by atoms with Gasteiger partial charge >= 0.3 is 0 Å². The number of carbonyl (C=O) groups is 1. The Balaban J connectivity index is 1.46. The maximum absolute atomic E-state index is 12.8. The van der Waals surface area contributed by atoms with Gasteiger partial charge in [-0.2, -0.15) is 5.10 Å². The summed E-state index contributed by atoms with van der Waals surface area (Å²) in [5.74, 6) is 0.755. The van der Waals surface area contributed by atoms with Crippen molar-refractivity contribution in [3.05, 3.63) is 83.2 Å². The topological polar surface area (TPSA) is 65.4 Å². The molecule has 6 heteroatoms. The fourth-order valence-electron chi connectivity index (χ4n) is 4.59. The van der Waals surface area contributed by atoms with E-state index in [1.807, 2.05) is 74.0 Å². The van der Waals surface area contributed by atoms with Gasteiger partial charge in [-0.15, -0.1) is 0 Å². The molecular weight excluding hydrogens is 426 g/mol. The Bertz CT molecular complexity index is 1130. The normalized spacial score (nSPS) is 15.4. The summed E-state index contributed by atoms with van der Waals surface area (Å²) >= 11 is 0. The summed E-state index contributed by atoms with van der Waals surface area (Å²) < 4.78 is 13.1. The van der Waals surface area contributed by atoms with Crippen molar-refractivity contribution in [3.8, 4) is 11.4 Å². The standard InChI is InChI=1S/C28H33N3O3/c1-4-34-25-12-10-23(11-13-25)28(16-18-33-19-17-28)20-29-27(32)15-14-26-21(2)30-31(22(26)3)24-8-6-5-7-9-24/h5-15H,4,16-20H2,1-3H3,(H,29,32)/b15-14+. The predicted octanol–water partition coefficient (Wildman–Crippen LogP) is 4.77. The largest absolute Gasteiger partial charge is 0.494 e. The van der Waals surface area contributed by atoms with Crippen LogP contribution in [0.2, 0.25) is 0 Å². The molecule has 6 nitrogen and oxygen atoms in total. The number of rotatable bonds is 8. The Morgan fingerprint density at radius 2 is 1.82 bits per heavy atom. The van der Waals surface area contributed by atoms with Crippen LogP contribution in [0, 0.1) is 13.8 Å². The van der Waals surface area contributed by atoms with Crippen molar-refractivity contribution in [1.82, 2.24) is 15.1 Å². The van der Waals surface area contributed by atoms with Crippen molar-refractivity contribution in [2.24, 2.45) is 0 Å². The summed E-state index contributed by atoms with van der Waals surface area (Å²) in [6, 6.07) is 18.3. The first kappa shape index (κ1) is 23.8. The van der Waals surface area contributed by atoms with Crippen LogP contribution in [0.5, 0.6) is 5.75 Å². The van der Waals surface area contributed by atoms with Gasteiger partial charge in [0.2, 0.25) is 5.91 Å². The number of aryl methyl sites for hydroxylation is 1. The van der Waals surface area contributed by atoms with Crippen molar-refractivity contribution in [1.29, 1.82) is 0 Å². The van der Waals surface area contributed by atoms with E-state index in [9.17, 15) is 4.79 Å². The van der Waals surface area contributed by atoms with Crippen molar-refractivity contribution in [3.63, 3.8) is 0 Å². The fraction of sp³-hybridized carbons (Fsp3) is 0.357. The zero-order valence-electron chi connectivity index (χ0n) is 20.2. The van der Waals surface area contributed by atoms with E-state index in [0.29, 0.717) is 26.4 Å². The molecule has 0 aliphatic carbocycles. The van der Waals surface area contributed by atoms with Crippen LogP contribution >= 0.6 is 0 Å². The summed E-state index contributed by atoms with van der Waals surface area (Å²) in [5.41, 5.74) is 4.93. The van der Waals surface area contributed by atoms with E-state index in [1.165, 1.54) is 5.56 Å². The monoisotopic (exact) mass is 459 g/mol. The highest BCUT2D eigenvalue weighted by atomic mass is 16.5. The fourth-order valence-corrected chi connectivity index (χ4v) is 4.59. The molecule has 0 radical (unpaired) electrons. The van der Waals surface area contributed by atoms with Gasteiger partial charge in [0.25, 0.3) is 0 Å². The average molecular weight is 460 g/mol. The van der Waals surface area contributed by atoms with E-state index < -0.39 is 0 Å². The Kier molecular flexibility index (Phi) is 7.48. The predicted molar refractivity (Wildman–Crippen MR) is 134 cm³/mol. The number of carbonyl (C=O) groups excluding carboxylic acids is 1. The molecule has 0 spiro atoms. The molecule has 1 aliphatic rings. The van der Waals surface area contributed by atoms with Crippen LogP contribution in [0.15, 0.2) is 60.7 Å². The first-order chi connectivity index (χ1) is 16.5. The van der Waals surface area contributed by atoms with E-state index in [1.54, 1.807) is 6.08 Å². The number of ether oxygens (including phenoxy) is 2. The summed E-state index contributed by atoms with van der Waals surface area (Å²) in [4.78, 5) is 12.8. The zero-order chi connectivity index (χ0) is 24.0. The van der Waals surface area contributed by atoms with Gasteiger partial charge in [0.15, 0.2) is 0 Å². The lowest BCUT2D eigenvalue weighted by atomic mass is 9.74. The van der Waals surface area contributed by atoms with Gasteiger partial charge < -0.3 is 14.8 Å². The van der Waals surface area contributed by atoms with Gasteiger partial charge in [-0.25, -0.2) is 4.68 Å². The van der Waals surface area contributed by atoms with Crippen LogP contribution in [-0.4, -0.2) is 42.1 Å². The van der Waals surface area contributed by atoms with Crippen molar-refractivity contribution >= 4 is 12.0 Å². The lowest BCUT2D eigenvalue weighted by Crippen LogP contribution is -2.44. The molecule has 4 rings (SSSR count). The second-order valence-electron chi connectivity index (χ2n) is 8.73. The number of aromatic nitrogens is 2. The zero-order valence-corrected chi connectivity index (χ0v) is 20.2. The van der Waals surface area contributed by atoms with E-state index in [4.69, 9.17) is 9.47 Å². The van der Waals surface area contributed by atoms with Crippen LogP contribution in [0.25, 0.3) is 11.8 Å². The third-order valence-electron chi connectivity index (χ3n) is 6.58. The third-order valence-corrected chi connectivity index (χ3v) is 6.58. The van der Waals surface area contributed by atoms with Gasteiger partial charge in [-0.05, 0) is 69.5 Å². The van der Waals surface area contributed by atoms with Crippen molar-refractivity contribution < 1.29 is 14.3 Å². The molecule has 0 unspecified atom stereocenters. The Morgan fingerprint density at radius 3 is 2.50 bits per heavy atom. The smallest absolute Gasteiger partial charge is 0.244 e. The summed E-state index contributed by atoms with van der Waals surface area (Å²) in [6.07, 6.45) is 5.21. The van der Waals surface area contributed by atoms with Gasteiger partial charge in [0, 0.05) is 42.5 Å². The van der Waals surface area contributed by atoms with E-state index in [-0.39, 0.29) is 11.3 Å². The average Bonchev–Trinajstić information content (AvgIpc) is 3.16. The molecule has 2 aromatic carbocycles. The molecule has 0 bridgehead atoms. The summed E-state index contributed by atoms with van der Waals surface area (Å²) in [7, 11) is 0. The maximum Gasteiger partial charge on any atom is 0.244 e. The lowest BCUT2D eigenvalue weighted by molar-refractivity contribution is -0.116. The first-order valence-electron chi connectivity index (χ1n) is 11.9. The molecule has 1 amide bonds. The quantitative estimate of drug-likeness (QED) is 0.493. The molecule has 1 aliphatic heterocycles. The molecule has 2 heterocycles. The Labute approximate surface area is 201 Å². The number of nitrogens with zero attached hydrogens (tertiary/aromatic N) is 2. The van der Waals surface area contributed by atoms with Crippen LogP contribution in [0.3, 0.4) is 0 Å². The van der Waals surface area contributed by atoms with Gasteiger partial charge in [0.1, 0.15) is 5.75 Å². The maximum atomic E-state index is 12.8. The van der Waals surface area contributed by atoms with Gasteiger partial charge in [-0.3, -0.25) is 4.79 Å². The Hall–Kier alpha value is -3.38. The van der Waals surface area contributed by atoms with Gasteiger partial charge in [0.05, 0.1) is 18.0 Å². The minimum atomic E-state index is -0.142. The minimum absolute atomic E-state index is 0.108. The molecule has 3 aromatic rings. The second kappa shape index (κ2) is 10.7. The highest BCUT2D eigenvalue weighted by molar-refractivity contribution is 5.92. The summed E-state index contributed by atoms with van der Waals surface area (Å²) in [6.45, 7) is 8.55. The lowest BCUT2D eigenvalue weighted by Gasteiger charge is -2.38. The molecule has 0 atom stereocenters. The van der Waals surface area contributed by atoms with E-state index in [2.05, 4.69) is 22.5 Å². The second-order valence-corrected chi connectivity index (χ2v) is 8.73. The number of benzene rings is 2. The number of amides is 1. The van der Waals surface area contributed by atoms with E-state index >= 15 is 0 Å². The molecule has 1 aromatic heterocycles. The molecule has 0 saturated carbocycles. The number of nitrogens with one attached hydrogen (secondary N) is 1. The molecule has 1 N–H and O–H groups in total. The van der Waals surface area contributed by atoms with E-state index in [0.717, 1.165) is 41.2 Å². The number of para-hydroxylation sites is 1. The van der Waals surface area contributed by atoms with Gasteiger partial charge in [-0.1, -0.05) is 30.3 Å². The number of hydrogen-bond acceptors (Lipinski definition) is 4. The molecule has 1 saturated heterocycles. The van der Waals surface area contributed by atoms with Crippen LogP contribution in [0.4, 0.5) is 0 Å². The van der Waals surface area contributed by atoms with Crippen LogP contribution < -0.4 is 10.1 Å². The highest BCUT2D eigenvalue weighted by Crippen LogP contribution is 2.35. The molecule has 178 valence electrons. The first-order valence-corrected chi connectivity index (χ1v) is 11.9. The van der Waals surface area contributed by atoms with Crippen molar-refractivity contribution in [2.45, 2.75) is 39.0 Å². The third kappa shape index (κ3) is 5.23. The van der Waals surface area contributed by atoms with Crippen molar-refractivity contribution in [2.75, 3.05) is 26.4 Å².